The molecule has 0 saturated carbocycles. The summed E-state index contributed by atoms with van der Waals surface area (Å²) in [5, 5.41) is 14.9. The van der Waals surface area contributed by atoms with Crippen molar-refractivity contribution in [2.75, 3.05) is 6.54 Å². The maximum Gasteiger partial charge on any atom is 0.222 e. The number of ether oxygens (including phenoxy) is 1. The third-order valence-electron chi connectivity index (χ3n) is 5.19. The summed E-state index contributed by atoms with van der Waals surface area (Å²) in [7, 11) is 1.80. The Balaban J connectivity index is 2.06. The Labute approximate surface area is 177 Å². The molecule has 1 heterocycles. The van der Waals surface area contributed by atoms with E-state index in [1.54, 1.807) is 29.9 Å². The van der Waals surface area contributed by atoms with Crippen LogP contribution in [-0.4, -0.2) is 38.5 Å². The molecule has 3 rings (SSSR count). The van der Waals surface area contributed by atoms with Crippen molar-refractivity contribution in [1.82, 2.24) is 14.7 Å². The number of aliphatic hydroxyl groups excluding tert-OH is 1. The quantitative estimate of drug-likeness (QED) is 0.538. The van der Waals surface area contributed by atoms with Gasteiger partial charge in [0, 0.05) is 31.7 Å². The maximum absolute atomic E-state index is 14.3. The van der Waals surface area contributed by atoms with E-state index in [9.17, 15) is 9.50 Å². The number of aromatic nitrogens is 2. The normalized spacial score (nSPS) is 12.5. The van der Waals surface area contributed by atoms with Gasteiger partial charge in [-0.05, 0) is 32.4 Å². The molecule has 2 aromatic carbocycles. The first-order chi connectivity index (χ1) is 14.4. The van der Waals surface area contributed by atoms with Gasteiger partial charge < -0.3 is 9.84 Å². The van der Waals surface area contributed by atoms with Gasteiger partial charge in [-0.1, -0.05) is 49.4 Å². The average molecular weight is 412 g/mol. The summed E-state index contributed by atoms with van der Waals surface area (Å²) in [5.74, 6) is 0.231. The Morgan fingerprint density at radius 1 is 1.10 bits per heavy atom. The highest BCUT2D eigenvalue weighted by atomic mass is 19.1. The van der Waals surface area contributed by atoms with E-state index in [1.165, 1.54) is 6.07 Å². The molecule has 0 saturated heterocycles. The Morgan fingerprint density at radius 3 is 2.40 bits per heavy atom. The van der Waals surface area contributed by atoms with Gasteiger partial charge in [0.25, 0.3) is 0 Å². The Kier molecular flexibility index (Phi) is 7.24. The Morgan fingerprint density at radius 2 is 1.77 bits per heavy atom. The van der Waals surface area contributed by atoms with Crippen LogP contribution < -0.4 is 4.74 Å². The van der Waals surface area contributed by atoms with Crippen LogP contribution in [0.4, 0.5) is 4.39 Å². The fourth-order valence-corrected chi connectivity index (χ4v) is 3.34. The number of nitrogens with zero attached hydrogens (tertiary/aromatic N) is 3. The predicted octanol–water partition coefficient (Wildman–Crippen LogP) is 5.00. The van der Waals surface area contributed by atoms with Gasteiger partial charge in [0.15, 0.2) is 11.6 Å². The lowest BCUT2D eigenvalue weighted by Crippen LogP contribution is -2.37. The zero-order valence-electron chi connectivity index (χ0n) is 18.0. The predicted molar refractivity (Wildman–Crippen MR) is 117 cm³/mol. The molecule has 0 radical (unpaired) electrons. The molecule has 3 aromatic rings. The van der Waals surface area contributed by atoms with Crippen molar-refractivity contribution in [1.29, 1.82) is 0 Å². The molecule has 1 N–H and O–H groups in total. The topological polar surface area (TPSA) is 50.5 Å². The zero-order chi connectivity index (χ0) is 21.7. The number of hydrogen-bond donors (Lipinski definition) is 1. The average Bonchev–Trinajstić information content (AvgIpc) is 3.05. The molecule has 0 amide bonds. The van der Waals surface area contributed by atoms with Crippen LogP contribution in [0.3, 0.4) is 0 Å². The molecule has 0 unspecified atom stereocenters. The first-order valence-corrected chi connectivity index (χ1v) is 10.4. The highest BCUT2D eigenvalue weighted by Gasteiger charge is 2.24. The Hall–Kier alpha value is -2.70. The molecule has 5 nitrogen and oxygen atoms in total. The number of rotatable bonds is 9. The second kappa shape index (κ2) is 9.87. The van der Waals surface area contributed by atoms with Crippen molar-refractivity contribution >= 4 is 0 Å². The molecule has 6 heteroatoms. The van der Waals surface area contributed by atoms with Crippen molar-refractivity contribution in [3.8, 4) is 22.9 Å². The van der Waals surface area contributed by atoms with E-state index in [-0.39, 0.29) is 11.8 Å². The largest absolute Gasteiger partial charge is 0.436 e. The molecule has 160 valence electrons. The summed E-state index contributed by atoms with van der Waals surface area (Å²) in [4.78, 5) is 2.19. The molecule has 0 aliphatic heterocycles. The van der Waals surface area contributed by atoms with Gasteiger partial charge in [-0.2, -0.15) is 5.10 Å². The summed E-state index contributed by atoms with van der Waals surface area (Å²) >= 11 is 0. The van der Waals surface area contributed by atoms with Crippen LogP contribution in [0.1, 0.15) is 32.8 Å². The summed E-state index contributed by atoms with van der Waals surface area (Å²) in [5.41, 5.74) is 2.62. The number of para-hydroxylation sites is 1. The van der Waals surface area contributed by atoms with Gasteiger partial charge in [0.1, 0.15) is 5.69 Å². The van der Waals surface area contributed by atoms with Crippen molar-refractivity contribution < 1.29 is 14.2 Å². The number of halogens is 1. The van der Waals surface area contributed by atoms with Gasteiger partial charge in [0.05, 0.1) is 11.7 Å². The first kappa shape index (κ1) is 22.0. The molecule has 1 aromatic heterocycles. The second-order valence-electron chi connectivity index (χ2n) is 7.74. The second-order valence-corrected chi connectivity index (χ2v) is 7.74. The number of hydrogen-bond acceptors (Lipinski definition) is 4. The molecular formula is C24H30FN3O2. The van der Waals surface area contributed by atoms with Crippen LogP contribution in [-0.2, 0) is 13.6 Å². The zero-order valence-corrected chi connectivity index (χ0v) is 18.0. The van der Waals surface area contributed by atoms with E-state index in [0.717, 1.165) is 16.8 Å². The van der Waals surface area contributed by atoms with Crippen molar-refractivity contribution in [2.24, 2.45) is 7.05 Å². The van der Waals surface area contributed by atoms with Crippen molar-refractivity contribution in [3.63, 3.8) is 0 Å². The van der Waals surface area contributed by atoms with Crippen LogP contribution in [0.25, 0.3) is 11.3 Å². The van der Waals surface area contributed by atoms with Gasteiger partial charge in [-0.15, -0.1) is 0 Å². The molecular weight excluding hydrogens is 381 g/mol. The number of aryl methyl sites for hydroxylation is 1. The van der Waals surface area contributed by atoms with E-state index in [2.05, 4.69) is 18.7 Å². The van der Waals surface area contributed by atoms with Gasteiger partial charge in [-0.25, -0.2) is 9.07 Å². The number of benzene rings is 2. The lowest BCUT2D eigenvalue weighted by atomic mass is 10.1. The van der Waals surface area contributed by atoms with Crippen LogP contribution >= 0.6 is 0 Å². The molecule has 0 aliphatic rings. The van der Waals surface area contributed by atoms with Gasteiger partial charge >= 0.3 is 0 Å². The first-order valence-electron chi connectivity index (χ1n) is 10.4. The molecule has 0 aliphatic carbocycles. The van der Waals surface area contributed by atoms with E-state index >= 15 is 0 Å². The van der Waals surface area contributed by atoms with Crippen LogP contribution in [0.5, 0.6) is 11.6 Å². The minimum Gasteiger partial charge on any atom is -0.436 e. The van der Waals surface area contributed by atoms with Crippen LogP contribution in [0, 0.1) is 5.82 Å². The monoisotopic (exact) mass is 411 g/mol. The standard InChI is InChI=1S/C24H30FN3O2/c1-5-19(29)15-28(17(2)3)16-20-23(18-11-7-6-8-12-18)26-27(4)24(20)30-22-14-10-9-13-21(22)25/h6-14,17,19,29H,5,15-16H2,1-4H3/t19-/m0/s1. The lowest BCUT2D eigenvalue weighted by Gasteiger charge is -2.28. The smallest absolute Gasteiger partial charge is 0.222 e. The molecule has 0 fully saturated rings. The molecule has 1 atom stereocenters. The van der Waals surface area contributed by atoms with Crippen molar-refractivity contribution in [2.45, 2.75) is 45.9 Å². The van der Waals surface area contributed by atoms with Crippen molar-refractivity contribution in [3.05, 3.63) is 66.0 Å². The van der Waals surface area contributed by atoms with E-state index in [0.29, 0.717) is 25.4 Å². The maximum atomic E-state index is 14.3. The molecule has 0 bridgehead atoms. The van der Waals surface area contributed by atoms with Crippen LogP contribution in [0.15, 0.2) is 54.6 Å². The third kappa shape index (κ3) is 5.07. The van der Waals surface area contributed by atoms with Gasteiger partial charge in [-0.3, -0.25) is 4.90 Å². The Bertz CT molecular complexity index is 956. The van der Waals surface area contributed by atoms with Crippen LogP contribution in [0.2, 0.25) is 0 Å². The summed E-state index contributed by atoms with van der Waals surface area (Å²) in [6, 6.07) is 16.4. The minimum atomic E-state index is -0.423. The van der Waals surface area contributed by atoms with E-state index < -0.39 is 11.9 Å². The SMILES string of the molecule is CC[C@H](O)CN(Cc1c(-c2ccccc2)nn(C)c1Oc1ccccc1F)C(C)C. The van der Waals surface area contributed by atoms with E-state index in [1.807, 2.05) is 37.3 Å². The fraction of sp³-hybridized carbons (Fsp3) is 0.375. The highest BCUT2D eigenvalue weighted by Crippen LogP contribution is 2.35. The third-order valence-corrected chi connectivity index (χ3v) is 5.19. The highest BCUT2D eigenvalue weighted by molar-refractivity contribution is 5.65. The van der Waals surface area contributed by atoms with Gasteiger partial charge in [0.2, 0.25) is 5.88 Å². The fourth-order valence-electron chi connectivity index (χ4n) is 3.34. The molecule has 30 heavy (non-hydrogen) atoms. The van der Waals surface area contributed by atoms with E-state index in [4.69, 9.17) is 9.84 Å². The minimum absolute atomic E-state index is 0.158. The summed E-state index contributed by atoms with van der Waals surface area (Å²) in [6.45, 7) is 7.22. The molecule has 0 spiro atoms. The lowest BCUT2D eigenvalue weighted by molar-refractivity contribution is 0.0877. The summed E-state index contributed by atoms with van der Waals surface area (Å²) in [6.07, 6.45) is 0.264. The number of aliphatic hydroxyl groups is 1. The summed E-state index contributed by atoms with van der Waals surface area (Å²) < 4.78 is 22.0.